The summed E-state index contributed by atoms with van der Waals surface area (Å²) in [4.78, 5) is -0.686. The molecule has 0 fully saturated rings. The van der Waals surface area contributed by atoms with E-state index in [2.05, 4.69) is 25.3 Å². The smallest absolute Gasteiger partial charge is 0.299 e. The van der Waals surface area contributed by atoms with Crippen LogP contribution in [0.2, 0.25) is 0 Å². The number of aromatic nitrogens is 4. The van der Waals surface area contributed by atoms with Gasteiger partial charge >= 0.3 is 0 Å². The Hall–Kier alpha value is -2.80. The molecular formula is C14H12F4N6O2S. The van der Waals surface area contributed by atoms with Crippen LogP contribution in [0.25, 0.3) is 5.65 Å². The van der Waals surface area contributed by atoms with Crippen molar-refractivity contribution in [3.05, 3.63) is 47.8 Å². The maximum atomic E-state index is 13.6. The summed E-state index contributed by atoms with van der Waals surface area (Å²) in [5.41, 5.74) is 0.128. The zero-order valence-electron chi connectivity index (χ0n) is 13.4. The SMILES string of the molecule is O=S(=O)(NCCNc1ccc2nnc(C(F)F)n2n1)c1ccc(F)cc1F. The lowest BCUT2D eigenvalue weighted by Gasteiger charge is -2.09. The highest BCUT2D eigenvalue weighted by atomic mass is 32.2. The van der Waals surface area contributed by atoms with E-state index >= 15 is 0 Å². The molecule has 2 N–H and O–H groups in total. The minimum atomic E-state index is -4.18. The number of halogens is 4. The van der Waals surface area contributed by atoms with Gasteiger partial charge in [-0.2, -0.15) is 4.52 Å². The Morgan fingerprint density at radius 1 is 1.07 bits per heavy atom. The summed E-state index contributed by atoms with van der Waals surface area (Å²) < 4.78 is 79.1. The number of benzene rings is 1. The van der Waals surface area contributed by atoms with Gasteiger partial charge in [0.05, 0.1) is 0 Å². The molecule has 0 amide bonds. The molecule has 2 heterocycles. The lowest BCUT2D eigenvalue weighted by Crippen LogP contribution is -2.29. The highest BCUT2D eigenvalue weighted by molar-refractivity contribution is 7.89. The van der Waals surface area contributed by atoms with Crippen molar-refractivity contribution >= 4 is 21.5 Å². The van der Waals surface area contributed by atoms with E-state index in [0.717, 1.165) is 16.6 Å². The van der Waals surface area contributed by atoms with Gasteiger partial charge in [-0.25, -0.2) is 30.7 Å². The first kappa shape index (κ1) is 19.0. The van der Waals surface area contributed by atoms with Gasteiger partial charge in [0.15, 0.2) is 5.65 Å². The van der Waals surface area contributed by atoms with Crippen LogP contribution in [-0.2, 0) is 10.0 Å². The Kier molecular flexibility index (Phi) is 5.23. The second kappa shape index (κ2) is 7.44. The lowest BCUT2D eigenvalue weighted by atomic mass is 10.3. The fraction of sp³-hybridized carbons (Fsp3) is 0.214. The summed E-state index contributed by atoms with van der Waals surface area (Å²) in [6.45, 7) is -0.143. The van der Waals surface area contributed by atoms with Crippen molar-refractivity contribution in [2.24, 2.45) is 0 Å². The van der Waals surface area contributed by atoms with Crippen LogP contribution in [0.3, 0.4) is 0 Å². The molecule has 0 spiro atoms. The summed E-state index contributed by atoms with van der Waals surface area (Å²) in [6, 6.07) is 4.97. The molecule has 0 saturated heterocycles. The number of fused-ring (bicyclic) bond motifs is 1. The maximum absolute atomic E-state index is 13.6. The van der Waals surface area contributed by atoms with Crippen molar-refractivity contribution in [1.82, 2.24) is 24.5 Å². The summed E-state index contributed by atoms with van der Waals surface area (Å²) in [7, 11) is -4.18. The number of hydrogen-bond acceptors (Lipinski definition) is 6. The van der Waals surface area contributed by atoms with Crippen molar-refractivity contribution in [3.8, 4) is 0 Å². The molecular weight excluding hydrogens is 392 g/mol. The normalized spacial score (nSPS) is 12.0. The number of anilines is 1. The monoisotopic (exact) mass is 404 g/mol. The average Bonchev–Trinajstić information content (AvgIpc) is 3.02. The Balaban J connectivity index is 1.63. The highest BCUT2D eigenvalue weighted by Gasteiger charge is 2.19. The van der Waals surface area contributed by atoms with Gasteiger partial charge in [0.25, 0.3) is 6.43 Å². The van der Waals surface area contributed by atoms with Crippen molar-refractivity contribution in [1.29, 1.82) is 0 Å². The third-order valence-electron chi connectivity index (χ3n) is 3.39. The minimum Gasteiger partial charge on any atom is -0.367 e. The fourth-order valence-corrected chi connectivity index (χ4v) is 3.27. The van der Waals surface area contributed by atoms with Crippen LogP contribution in [0.5, 0.6) is 0 Å². The van der Waals surface area contributed by atoms with Crippen LogP contribution in [0.4, 0.5) is 23.4 Å². The van der Waals surface area contributed by atoms with E-state index in [1.807, 2.05) is 0 Å². The maximum Gasteiger partial charge on any atom is 0.299 e. The van der Waals surface area contributed by atoms with Gasteiger partial charge in [0, 0.05) is 19.2 Å². The predicted octanol–water partition coefficient (Wildman–Crippen LogP) is 1.73. The van der Waals surface area contributed by atoms with E-state index in [1.54, 1.807) is 0 Å². The van der Waals surface area contributed by atoms with Crippen LogP contribution < -0.4 is 10.0 Å². The number of nitrogens with one attached hydrogen (secondary N) is 2. The van der Waals surface area contributed by atoms with E-state index in [1.165, 1.54) is 12.1 Å². The molecule has 0 bridgehead atoms. The molecule has 0 atom stereocenters. The number of sulfonamides is 1. The van der Waals surface area contributed by atoms with Gasteiger partial charge in [-0.05, 0) is 24.3 Å². The van der Waals surface area contributed by atoms with Gasteiger partial charge in [0.1, 0.15) is 22.3 Å². The van der Waals surface area contributed by atoms with Crippen molar-refractivity contribution in [2.45, 2.75) is 11.3 Å². The molecule has 2 aromatic heterocycles. The largest absolute Gasteiger partial charge is 0.367 e. The molecule has 0 aliphatic carbocycles. The molecule has 1 aromatic carbocycles. The third kappa shape index (κ3) is 4.14. The molecule has 0 radical (unpaired) electrons. The first-order valence-corrected chi connectivity index (χ1v) is 8.95. The second-order valence-electron chi connectivity index (χ2n) is 5.25. The molecule has 3 rings (SSSR count). The Bertz CT molecular complexity index is 1070. The molecule has 13 heteroatoms. The van der Waals surface area contributed by atoms with E-state index < -0.39 is 38.8 Å². The van der Waals surface area contributed by atoms with Crippen LogP contribution in [0.15, 0.2) is 35.2 Å². The zero-order chi connectivity index (χ0) is 19.6. The Morgan fingerprint density at radius 2 is 1.85 bits per heavy atom. The molecule has 0 aliphatic rings. The van der Waals surface area contributed by atoms with Crippen LogP contribution in [-0.4, -0.2) is 41.3 Å². The summed E-state index contributed by atoms with van der Waals surface area (Å²) >= 11 is 0. The van der Waals surface area contributed by atoms with Crippen LogP contribution in [0, 0.1) is 11.6 Å². The number of rotatable bonds is 7. The molecule has 27 heavy (non-hydrogen) atoms. The molecule has 144 valence electrons. The average molecular weight is 404 g/mol. The fourth-order valence-electron chi connectivity index (χ4n) is 2.18. The van der Waals surface area contributed by atoms with Gasteiger partial charge < -0.3 is 5.32 Å². The van der Waals surface area contributed by atoms with Gasteiger partial charge in [-0.3, -0.25) is 0 Å². The Labute approximate surface area is 150 Å². The standard InChI is InChI=1S/C14H12F4N6O2S/c15-8-1-2-10(9(16)7-8)27(25,26)20-6-5-19-11-3-4-12-21-22-14(13(17)18)24(12)23-11/h1-4,7,13,20H,5-6H2,(H,19,23). The molecule has 8 nitrogen and oxygen atoms in total. The molecule has 0 aliphatic heterocycles. The third-order valence-corrected chi connectivity index (χ3v) is 4.88. The minimum absolute atomic E-state index is 0.0205. The van der Waals surface area contributed by atoms with Crippen molar-refractivity contribution < 1.29 is 26.0 Å². The van der Waals surface area contributed by atoms with Gasteiger partial charge in [-0.1, -0.05) is 0 Å². The van der Waals surface area contributed by atoms with Crippen LogP contribution >= 0.6 is 0 Å². The number of alkyl halides is 2. The first-order valence-electron chi connectivity index (χ1n) is 7.47. The van der Waals surface area contributed by atoms with Crippen molar-refractivity contribution in [2.75, 3.05) is 18.4 Å². The second-order valence-corrected chi connectivity index (χ2v) is 6.98. The summed E-state index contributed by atoms with van der Waals surface area (Å²) in [5, 5.41) is 13.5. The Morgan fingerprint density at radius 3 is 2.56 bits per heavy atom. The first-order chi connectivity index (χ1) is 12.8. The van der Waals surface area contributed by atoms with Gasteiger partial charge in [-0.15, -0.1) is 15.3 Å². The lowest BCUT2D eigenvalue weighted by molar-refractivity contribution is 0.137. The van der Waals surface area contributed by atoms with E-state index in [4.69, 9.17) is 0 Å². The topological polar surface area (TPSA) is 101 Å². The highest BCUT2D eigenvalue weighted by Crippen LogP contribution is 2.17. The van der Waals surface area contributed by atoms with Crippen LogP contribution in [0.1, 0.15) is 12.2 Å². The van der Waals surface area contributed by atoms with Crippen molar-refractivity contribution in [3.63, 3.8) is 0 Å². The predicted molar refractivity (Wildman–Crippen MR) is 85.8 cm³/mol. The quantitative estimate of drug-likeness (QED) is 0.460. The number of nitrogens with zero attached hydrogens (tertiary/aromatic N) is 4. The summed E-state index contributed by atoms with van der Waals surface area (Å²) in [5.74, 6) is -2.56. The zero-order valence-corrected chi connectivity index (χ0v) is 14.2. The van der Waals surface area contributed by atoms with E-state index in [9.17, 15) is 26.0 Å². The van der Waals surface area contributed by atoms with E-state index in [0.29, 0.717) is 6.07 Å². The molecule has 3 aromatic rings. The molecule has 0 saturated carbocycles. The van der Waals surface area contributed by atoms with E-state index in [-0.39, 0.29) is 24.6 Å². The van der Waals surface area contributed by atoms with Gasteiger partial charge in [0.2, 0.25) is 15.8 Å². The summed E-state index contributed by atoms with van der Waals surface area (Å²) in [6.07, 6.45) is -2.86. The number of hydrogen-bond donors (Lipinski definition) is 2. The molecule has 0 unspecified atom stereocenters.